The van der Waals surface area contributed by atoms with E-state index in [1.807, 2.05) is 62.5 Å². The van der Waals surface area contributed by atoms with Gasteiger partial charge in [0, 0.05) is 10.9 Å². The molecule has 0 radical (unpaired) electrons. The first-order chi connectivity index (χ1) is 13.0. The molecule has 1 N–H and O–H groups in total. The minimum atomic E-state index is -0.231. The first-order valence-electron chi connectivity index (χ1n) is 8.56. The van der Waals surface area contributed by atoms with Crippen molar-refractivity contribution in [2.75, 3.05) is 19.0 Å². The summed E-state index contributed by atoms with van der Waals surface area (Å²) in [5.41, 5.74) is 5.00. The maximum atomic E-state index is 12.2. The predicted octanol–water partition coefficient (Wildman–Crippen LogP) is 4.76. The highest BCUT2D eigenvalue weighted by Crippen LogP contribution is 2.27. The number of nitrogens with one attached hydrogen (secondary N) is 1. The van der Waals surface area contributed by atoms with Gasteiger partial charge in [0.15, 0.2) is 11.7 Å². The quantitative estimate of drug-likeness (QED) is 0.668. The second kappa shape index (κ2) is 8.22. The summed E-state index contributed by atoms with van der Waals surface area (Å²) in [6, 6.07) is 11.7. The lowest BCUT2D eigenvalue weighted by Gasteiger charge is -2.12. The van der Waals surface area contributed by atoms with Crippen LogP contribution in [-0.4, -0.2) is 24.6 Å². The van der Waals surface area contributed by atoms with Crippen molar-refractivity contribution in [3.8, 4) is 22.8 Å². The first-order valence-corrected chi connectivity index (χ1v) is 9.44. The number of thiazole rings is 1. The summed E-state index contributed by atoms with van der Waals surface area (Å²) in [5.74, 6) is 1.32. The maximum absolute atomic E-state index is 12.2. The fraction of sp³-hybridized carbons (Fsp3) is 0.238. The summed E-state index contributed by atoms with van der Waals surface area (Å²) in [6.07, 6.45) is 0. The number of ether oxygens (including phenoxy) is 2. The normalized spacial score (nSPS) is 10.5. The molecular formula is C21H22N2O3S. The van der Waals surface area contributed by atoms with E-state index < -0.39 is 0 Å². The Kier molecular flexibility index (Phi) is 5.76. The Morgan fingerprint density at radius 1 is 1.11 bits per heavy atom. The second-order valence-corrected chi connectivity index (χ2v) is 7.19. The molecule has 1 amide bonds. The van der Waals surface area contributed by atoms with Gasteiger partial charge in [-0.1, -0.05) is 17.7 Å². The number of aromatic nitrogens is 1. The number of anilines is 1. The Balaban J connectivity index is 1.61. The van der Waals surface area contributed by atoms with Crippen molar-refractivity contribution in [1.82, 2.24) is 4.98 Å². The van der Waals surface area contributed by atoms with Crippen LogP contribution in [0.25, 0.3) is 11.3 Å². The Morgan fingerprint density at radius 2 is 1.78 bits per heavy atom. The molecule has 0 atom stereocenters. The molecule has 0 aliphatic heterocycles. The molecule has 1 heterocycles. The molecule has 0 unspecified atom stereocenters. The second-order valence-electron chi connectivity index (χ2n) is 6.33. The topological polar surface area (TPSA) is 60.5 Å². The molecule has 1 aromatic heterocycles. The lowest BCUT2D eigenvalue weighted by Crippen LogP contribution is -2.20. The van der Waals surface area contributed by atoms with Gasteiger partial charge < -0.3 is 9.47 Å². The van der Waals surface area contributed by atoms with Gasteiger partial charge in [-0.2, -0.15) is 0 Å². The number of rotatable bonds is 6. The number of benzene rings is 2. The Morgan fingerprint density at radius 3 is 2.41 bits per heavy atom. The van der Waals surface area contributed by atoms with Crippen LogP contribution >= 0.6 is 11.3 Å². The van der Waals surface area contributed by atoms with Crippen LogP contribution in [0.3, 0.4) is 0 Å². The number of hydrogen-bond acceptors (Lipinski definition) is 5. The Hall–Kier alpha value is -2.86. The molecule has 0 saturated carbocycles. The smallest absolute Gasteiger partial charge is 0.264 e. The standard InChI is InChI=1S/C21H22N2O3S/c1-13-9-14(2)20(15(3)10-13)26-11-19(24)23-21-22-18(12-27-21)16-5-7-17(25-4)8-6-16/h5-10,12H,11H2,1-4H3,(H,22,23,24). The number of carbonyl (C=O) groups is 1. The molecule has 5 nitrogen and oxygen atoms in total. The van der Waals surface area contributed by atoms with Crippen LogP contribution in [0.15, 0.2) is 41.8 Å². The number of methoxy groups -OCH3 is 1. The van der Waals surface area contributed by atoms with E-state index in [0.29, 0.717) is 5.13 Å². The Bertz CT molecular complexity index is 925. The minimum Gasteiger partial charge on any atom is -0.497 e. The van der Waals surface area contributed by atoms with Crippen LogP contribution < -0.4 is 14.8 Å². The summed E-state index contributed by atoms with van der Waals surface area (Å²) < 4.78 is 10.9. The van der Waals surface area contributed by atoms with E-state index in [1.54, 1.807) is 7.11 Å². The molecule has 140 valence electrons. The molecule has 0 bridgehead atoms. The van der Waals surface area contributed by atoms with E-state index >= 15 is 0 Å². The largest absolute Gasteiger partial charge is 0.497 e. The summed E-state index contributed by atoms with van der Waals surface area (Å²) in [4.78, 5) is 16.7. The zero-order valence-electron chi connectivity index (χ0n) is 15.8. The third-order valence-electron chi connectivity index (χ3n) is 4.09. The number of amides is 1. The van der Waals surface area contributed by atoms with Crippen molar-refractivity contribution in [2.24, 2.45) is 0 Å². The lowest BCUT2D eigenvalue weighted by molar-refractivity contribution is -0.118. The van der Waals surface area contributed by atoms with Crippen molar-refractivity contribution in [1.29, 1.82) is 0 Å². The molecule has 3 aromatic rings. The first kappa shape index (κ1) is 18.9. The Labute approximate surface area is 163 Å². The van der Waals surface area contributed by atoms with Crippen molar-refractivity contribution in [2.45, 2.75) is 20.8 Å². The average molecular weight is 382 g/mol. The van der Waals surface area contributed by atoms with E-state index in [4.69, 9.17) is 9.47 Å². The molecule has 0 spiro atoms. The molecule has 0 fully saturated rings. The summed E-state index contributed by atoms with van der Waals surface area (Å²) in [5, 5.41) is 5.25. The van der Waals surface area contributed by atoms with Crippen LogP contribution in [0.2, 0.25) is 0 Å². The van der Waals surface area contributed by atoms with E-state index in [9.17, 15) is 4.79 Å². The van der Waals surface area contributed by atoms with Gasteiger partial charge in [-0.15, -0.1) is 11.3 Å². The fourth-order valence-electron chi connectivity index (χ4n) is 2.91. The number of carbonyl (C=O) groups excluding carboxylic acids is 1. The van der Waals surface area contributed by atoms with Crippen LogP contribution in [0.1, 0.15) is 16.7 Å². The van der Waals surface area contributed by atoms with Crippen LogP contribution in [0.5, 0.6) is 11.5 Å². The van der Waals surface area contributed by atoms with Gasteiger partial charge in [-0.3, -0.25) is 10.1 Å². The summed E-state index contributed by atoms with van der Waals surface area (Å²) in [7, 11) is 1.63. The highest BCUT2D eigenvalue weighted by atomic mass is 32.1. The van der Waals surface area contributed by atoms with Gasteiger partial charge in [-0.25, -0.2) is 4.98 Å². The van der Waals surface area contributed by atoms with Gasteiger partial charge >= 0.3 is 0 Å². The van der Waals surface area contributed by atoms with Gasteiger partial charge in [0.05, 0.1) is 12.8 Å². The summed E-state index contributed by atoms with van der Waals surface area (Å²) >= 11 is 1.38. The monoisotopic (exact) mass is 382 g/mol. The zero-order valence-corrected chi connectivity index (χ0v) is 16.6. The average Bonchev–Trinajstić information content (AvgIpc) is 3.09. The number of hydrogen-bond donors (Lipinski definition) is 1. The van der Waals surface area contributed by atoms with Crippen molar-refractivity contribution < 1.29 is 14.3 Å². The SMILES string of the molecule is COc1ccc(-c2csc(NC(=O)COc3c(C)cc(C)cc3C)n2)cc1. The molecule has 0 aliphatic carbocycles. The van der Waals surface area contributed by atoms with E-state index in [1.165, 1.54) is 16.9 Å². The maximum Gasteiger partial charge on any atom is 0.264 e. The third-order valence-corrected chi connectivity index (χ3v) is 4.85. The molecule has 2 aromatic carbocycles. The van der Waals surface area contributed by atoms with Gasteiger partial charge in [-0.05, 0) is 56.2 Å². The fourth-order valence-corrected chi connectivity index (χ4v) is 3.65. The molecule has 0 saturated heterocycles. The highest BCUT2D eigenvalue weighted by molar-refractivity contribution is 7.14. The van der Waals surface area contributed by atoms with Gasteiger partial charge in [0.1, 0.15) is 11.5 Å². The van der Waals surface area contributed by atoms with E-state index in [2.05, 4.69) is 10.3 Å². The minimum absolute atomic E-state index is 0.0534. The molecule has 27 heavy (non-hydrogen) atoms. The lowest BCUT2D eigenvalue weighted by atomic mass is 10.1. The third kappa shape index (κ3) is 4.65. The van der Waals surface area contributed by atoms with Crippen molar-refractivity contribution in [3.63, 3.8) is 0 Å². The zero-order chi connectivity index (χ0) is 19.4. The van der Waals surface area contributed by atoms with E-state index in [-0.39, 0.29) is 12.5 Å². The summed E-state index contributed by atoms with van der Waals surface area (Å²) in [6.45, 7) is 5.95. The number of aryl methyl sites for hydroxylation is 3. The predicted molar refractivity (Wildman–Crippen MR) is 109 cm³/mol. The van der Waals surface area contributed by atoms with Crippen molar-refractivity contribution in [3.05, 3.63) is 58.5 Å². The van der Waals surface area contributed by atoms with Gasteiger partial charge in [0.2, 0.25) is 0 Å². The molecule has 0 aliphatic rings. The van der Waals surface area contributed by atoms with Gasteiger partial charge in [0.25, 0.3) is 5.91 Å². The van der Waals surface area contributed by atoms with Crippen molar-refractivity contribution >= 4 is 22.4 Å². The molecule has 3 rings (SSSR count). The van der Waals surface area contributed by atoms with Crippen LogP contribution in [0, 0.1) is 20.8 Å². The highest BCUT2D eigenvalue weighted by Gasteiger charge is 2.11. The van der Waals surface area contributed by atoms with Crippen LogP contribution in [0.4, 0.5) is 5.13 Å². The van der Waals surface area contributed by atoms with Crippen LogP contribution in [-0.2, 0) is 4.79 Å². The van der Waals surface area contributed by atoms with E-state index in [0.717, 1.165) is 33.9 Å². The number of nitrogens with zero attached hydrogens (tertiary/aromatic N) is 1. The molecular weight excluding hydrogens is 360 g/mol. The molecule has 6 heteroatoms.